The Morgan fingerprint density at radius 3 is 2.44 bits per heavy atom. The summed E-state index contributed by atoms with van der Waals surface area (Å²) < 4.78 is 30.3. The number of ketones is 1. The molecule has 1 aliphatic carbocycles. The number of benzene rings is 1. The molecule has 0 unspecified atom stereocenters. The van der Waals surface area contributed by atoms with Crippen LogP contribution in [-0.2, 0) is 0 Å². The van der Waals surface area contributed by atoms with Gasteiger partial charge in [0.1, 0.15) is 5.75 Å². The van der Waals surface area contributed by atoms with Crippen molar-refractivity contribution in [2.24, 2.45) is 5.92 Å². The van der Waals surface area contributed by atoms with Crippen LogP contribution in [0.15, 0.2) is 24.3 Å². The predicted molar refractivity (Wildman–Crippen MR) is 55.0 cm³/mol. The van der Waals surface area contributed by atoms with Crippen molar-refractivity contribution in [3.05, 3.63) is 29.8 Å². The highest BCUT2D eigenvalue weighted by molar-refractivity contribution is 5.94. The number of hydrogen-bond acceptors (Lipinski definition) is 2. The molecule has 1 aromatic rings. The van der Waals surface area contributed by atoms with Crippen molar-refractivity contribution in [1.29, 1.82) is 0 Å². The SMILES string of the molecule is CC(=O)c1ccc(OC[C@@H]2CC2(F)F)cc1. The number of alkyl halides is 2. The van der Waals surface area contributed by atoms with Crippen molar-refractivity contribution in [3.63, 3.8) is 0 Å². The monoisotopic (exact) mass is 226 g/mol. The molecule has 16 heavy (non-hydrogen) atoms. The average Bonchev–Trinajstić information content (AvgIpc) is 2.84. The van der Waals surface area contributed by atoms with Crippen LogP contribution in [0.1, 0.15) is 23.7 Å². The van der Waals surface area contributed by atoms with Gasteiger partial charge in [-0.25, -0.2) is 8.78 Å². The molecule has 0 N–H and O–H groups in total. The van der Waals surface area contributed by atoms with Gasteiger partial charge in [-0.15, -0.1) is 0 Å². The topological polar surface area (TPSA) is 26.3 Å². The molecule has 0 bridgehead atoms. The van der Waals surface area contributed by atoms with Crippen LogP contribution in [-0.4, -0.2) is 18.3 Å². The van der Waals surface area contributed by atoms with Crippen LogP contribution in [0.2, 0.25) is 0 Å². The first-order valence-electron chi connectivity index (χ1n) is 5.10. The van der Waals surface area contributed by atoms with Crippen LogP contribution in [0.3, 0.4) is 0 Å². The standard InChI is InChI=1S/C12H12F2O2/c1-8(15)9-2-4-11(5-3-9)16-7-10-6-12(10,13)14/h2-5,10H,6-7H2,1H3/t10-/m0/s1. The maximum absolute atomic E-state index is 12.5. The molecule has 4 heteroatoms. The zero-order valence-corrected chi connectivity index (χ0v) is 8.87. The second-order valence-electron chi connectivity index (χ2n) is 4.05. The molecule has 0 spiro atoms. The van der Waals surface area contributed by atoms with E-state index in [0.29, 0.717) is 11.3 Å². The lowest BCUT2D eigenvalue weighted by atomic mass is 10.1. The number of halogens is 2. The molecule has 86 valence electrons. The van der Waals surface area contributed by atoms with E-state index in [0.717, 1.165) is 0 Å². The lowest BCUT2D eigenvalue weighted by Gasteiger charge is -2.05. The molecular formula is C12H12F2O2. The summed E-state index contributed by atoms with van der Waals surface area (Å²) in [5, 5.41) is 0. The van der Waals surface area contributed by atoms with Gasteiger partial charge >= 0.3 is 0 Å². The summed E-state index contributed by atoms with van der Waals surface area (Å²) >= 11 is 0. The van der Waals surface area contributed by atoms with Crippen LogP contribution < -0.4 is 4.74 Å². The van der Waals surface area contributed by atoms with Crippen molar-refractivity contribution in [3.8, 4) is 5.75 Å². The van der Waals surface area contributed by atoms with Crippen LogP contribution >= 0.6 is 0 Å². The third-order valence-electron chi connectivity index (χ3n) is 2.67. The highest BCUT2D eigenvalue weighted by Gasteiger charge is 2.57. The number of Topliss-reactive ketones (excluding diaryl/α,β-unsaturated/α-hetero) is 1. The first-order chi connectivity index (χ1) is 7.49. The summed E-state index contributed by atoms with van der Waals surface area (Å²) in [6.07, 6.45) is -0.0848. The summed E-state index contributed by atoms with van der Waals surface area (Å²) in [5.74, 6) is -2.70. The Labute approximate surface area is 92.2 Å². The van der Waals surface area contributed by atoms with Crippen molar-refractivity contribution >= 4 is 5.78 Å². The summed E-state index contributed by atoms with van der Waals surface area (Å²) in [6.45, 7) is 1.51. The van der Waals surface area contributed by atoms with E-state index in [1.165, 1.54) is 6.92 Å². The van der Waals surface area contributed by atoms with Gasteiger partial charge < -0.3 is 4.74 Å². The minimum Gasteiger partial charge on any atom is -0.493 e. The van der Waals surface area contributed by atoms with Crippen LogP contribution in [0.25, 0.3) is 0 Å². The molecule has 0 aromatic heterocycles. The summed E-state index contributed by atoms with van der Waals surface area (Å²) in [6, 6.07) is 6.50. The zero-order valence-electron chi connectivity index (χ0n) is 8.87. The fraction of sp³-hybridized carbons (Fsp3) is 0.417. The molecule has 1 fully saturated rings. The van der Waals surface area contributed by atoms with E-state index in [9.17, 15) is 13.6 Å². The summed E-state index contributed by atoms with van der Waals surface area (Å²) in [5.41, 5.74) is 0.587. The second kappa shape index (κ2) is 3.85. The van der Waals surface area contributed by atoms with E-state index in [1.807, 2.05) is 0 Å². The van der Waals surface area contributed by atoms with Crippen molar-refractivity contribution in [1.82, 2.24) is 0 Å². The molecule has 1 atom stereocenters. The largest absolute Gasteiger partial charge is 0.493 e. The number of carbonyl (C=O) groups is 1. The normalized spacial score (nSPS) is 21.6. The molecule has 0 radical (unpaired) electrons. The minimum absolute atomic E-state index is 0.0275. The van der Waals surface area contributed by atoms with Gasteiger partial charge in [0, 0.05) is 12.0 Å². The van der Waals surface area contributed by atoms with E-state index in [2.05, 4.69) is 0 Å². The van der Waals surface area contributed by atoms with Gasteiger partial charge in [-0.3, -0.25) is 4.79 Å². The van der Waals surface area contributed by atoms with E-state index >= 15 is 0 Å². The molecule has 2 rings (SSSR count). The Morgan fingerprint density at radius 1 is 1.44 bits per heavy atom. The lowest BCUT2D eigenvalue weighted by molar-refractivity contribution is 0.0856. The predicted octanol–water partition coefficient (Wildman–Crippen LogP) is 2.92. The smallest absolute Gasteiger partial charge is 0.255 e. The number of ether oxygens (including phenoxy) is 1. The van der Waals surface area contributed by atoms with Crippen molar-refractivity contribution in [2.75, 3.05) is 6.61 Å². The van der Waals surface area contributed by atoms with Crippen molar-refractivity contribution in [2.45, 2.75) is 19.3 Å². The minimum atomic E-state index is -2.54. The van der Waals surface area contributed by atoms with E-state index in [1.54, 1.807) is 24.3 Å². The number of carbonyl (C=O) groups excluding carboxylic acids is 1. The quantitative estimate of drug-likeness (QED) is 0.738. The van der Waals surface area contributed by atoms with Crippen molar-refractivity contribution < 1.29 is 18.3 Å². The van der Waals surface area contributed by atoms with Gasteiger partial charge in [0.2, 0.25) is 0 Å². The van der Waals surface area contributed by atoms with Crippen LogP contribution in [0.5, 0.6) is 5.75 Å². The molecule has 2 nitrogen and oxygen atoms in total. The third kappa shape index (κ3) is 2.38. The molecule has 0 heterocycles. The molecule has 0 saturated heterocycles. The Kier molecular flexibility index (Phi) is 2.66. The van der Waals surface area contributed by atoms with Gasteiger partial charge in [0.05, 0.1) is 12.5 Å². The Morgan fingerprint density at radius 2 is 2.00 bits per heavy atom. The van der Waals surface area contributed by atoms with Gasteiger partial charge in [0.25, 0.3) is 5.92 Å². The molecule has 1 saturated carbocycles. The third-order valence-corrected chi connectivity index (χ3v) is 2.67. The molecular weight excluding hydrogens is 214 g/mol. The maximum Gasteiger partial charge on any atom is 0.255 e. The summed E-state index contributed by atoms with van der Waals surface area (Å²) in [7, 11) is 0. The fourth-order valence-corrected chi connectivity index (χ4v) is 1.43. The van der Waals surface area contributed by atoms with E-state index in [-0.39, 0.29) is 18.8 Å². The van der Waals surface area contributed by atoms with Gasteiger partial charge in [0.15, 0.2) is 5.78 Å². The number of hydrogen-bond donors (Lipinski definition) is 0. The van der Waals surface area contributed by atoms with E-state index in [4.69, 9.17) is 4.74 Å². The van der Waals surface area contributed by atoms with Gasteiger partial charge in [-0.05, 0) is 31.2 Å². The van der Waals surface area contributed by atoms with Gasteiger partial charge in [-0.2, -0.15) is 0 Å². The molecule has 1 aromatic carbocycles. The van der Waals surface area contributed by atoms with Gasteiger partial charge in [-0.1, -0.05) is 0 Å². The van der Waals surface area contributed by atoms with Crippen LogP contribution in [0.4, 0.5) is 8.78 Å². The maximum atomic E-state index is 12.5. The first kappa shape index (κ1) is 11.0. The molecule has 0 amide bonds. The van der Waals surface area contributed by atoms with E-state index < -0.39 is 11.8 Å². The number of rotatable bonds is 4. The molecule has 0 aliphatic heterocycles. The highest BCUT2D eigenvalue weighted by atomic mass is 19.3. The highest BCUT2D eigenvalue weighted by Crippen LogP contribution is 2.48. The zero-order chi connectivity index (χ0) is 11.8. The fourth-order valence-electron chi connectivity index (χ4n) is 1.43. The molecule has 1 aliphatic rings. The first-order valence-corrected chi connectivity index (χ1v) is 5.10. The Bertz CT molecular complexity index is 398. The summed E-state index contributed by atoms with van der Waals surface area (Å²) in [4.78, 5) is 11.0. The average molecular weight is 226 g/mol. The second-order valence-corrected chi connectivity index (χ2v) is 4.05. The lowest BCUT2D eigenvalue weighted by Crippen LogP contribution is -2.05. The van der Waals surface area contributed by atoms with Crippen LogP contribution in [0, 0.1) is 5.92 Å². The Balaban J connectivity index is 1.88. The Hall–Kier alpha value is -1.45.